The number of rotatable bonds is 3. The maximum Gasteiger partial charge on any atom is 0.253 e. The van der Waals surface area contributed by atoms with Crippen LogP contribution in [0.2, 0.25) is 10.0 Å². The van der Waals surface area contributed by atoms with E-state index in [1.165, 1.54) is 17.7 Å². The number of nitrogen functional groups attached to an aromatic ring is 1. The Balaban J connectivity index is 2.20. The molecule has 0 saturated heterocycles. The third-order valence-corrected chi connectivity index (χ3v) is 4.02. The van der Waals surface area contributed by atoms with Crippen LogP contribution in [0.1, 0.15) is 34.5 Å². The summed E-state index contributed by atoms with van der Waals surface area (Å²) in [4.78, 5) is 12.3. The first-order valence-electron chi connectivity index (χ1n) is 6.50. The first-order valence-corrected chi connectivity index (χ1v) is 7.26. The Kier molecular flexibility index (Phi) is 4.76. The van der Waals surface area contributed by atoms with Crippen LogP contribution >= 0.6 is 23.2 Å². The molecule has 1 atom stereocenters. The smallest absolute Gasteiger partial charge is 0.253 e. The van der Waals surface area contributed by atoms with Crippen LogP contribution in [0.3, 0.4) is 0 Å². The van der Waals surface area contributed by atoms with Gasteiger partial charge in [-0.05, 0) is 31.5 Å². The lowest BCUT2D eigenvalue weighted by molar-refractivity contribution is 0.0940. The second-order valence-corrected chi connectivity index (χ2v) is 5.76. The minimum atomic E-state index is -0.303. The lowest BCUT2D eigenvalue weighted by atomic mass is 10.1. The number of anilines is 1. The second kappa shape index (κ2) is 6.37. The zero-order valence-electron chi connectivity index (χ0n) is 11.8. The number of nitrogens with one attached hydrogen (secondary N) is 1. The van der Waals surface area contributed by atoms with E-state index in [0.29, 0.717) is 5.69 Å². The summed E-state index contributed by atoms with van der Waals surface area (Å²) >= 11 is 12.0. The Morgan fingerprint density at radius 3 is 2.43 bits per heavy atom. The molecule has 0 saturated carbocycles. The lowest BCUT2D eigenvalue weighted by Crippen LogP contribution is -2.27. The molecule has 0 aliphatic rings. The van der Waals surface area contributed by atoms with Crippen LogP contribution in [0.15, 0.2) is 36.4 Å². The Hall–Kier alpha value is -1.71. The summed E-state index contributed by atoms with van der Waals surface area (Å²) in [5.74, 6) is -0.303. The maximum absolute atomic E-state index is 12.3. The molecule has 3 nitrogen and oxygen atoms in total. The normalized spacial score (nSPS) is 12.0. The minimum Gasteiger partial charge on any atom is -0.399 e. The Bertz CT molecular complexity index is 669. The standard InChI is InChI=1S/C16H16Cl2N2O/c1-9-3-5-11(6-4-9)10(2)20-16(21)13-7-12(19)8-14(17)15(13)18/h3-8,10H,19H2,1-2H3,(H,20,21). The molecule has 21 heavy (non-hydrogen) atoms. The lowest BCUT2D eigenvalue weighted by Gasteiger charge is -2.16. The topological polar surface area (TPSA) is 55.1 Å². The van der Waals surface area contributed by atoms with E-state index in [1.54, 1.807) is 0 Å². The van der Waals surface area contributed by atoms with E-state index in [0.717, 1.165) is 5.56 Å². The van der Waals surface area contributed by atoms with Gasteiger partial charge >= 0.3 is 0 Å². The zero-order valence-corrected chi connectivity index (χ0v) is 13.3. The fourth-order valence-electron chi connectivity index (χ4n) is 1.99. The summed E-state index contributed by atoms with van der Waals surface area (Å²) in [5.41, 5.74) is 8.56. The van der Waals surface area contributed by atoms with E-state index in [-0.39, 0.29) is 27.6 Å². The summed E-state index contributed by atoms with van der Waals surface area (Å²) in [7, 11) is 0. The molecule has 3 N–H and O–H groups in total. The molecule has 0 spiro atoms. The van der Waals surface area contributed by atoms with Gasteiger partial charge in [0.2, 0.25) is 0 Å². The number of carbonyl (C=O) groups is 1. The van der Waals surface area contributed by atoms with Crippen LogP contribution in [-0.4, -0.2) is 5.91 Å². The van der Waals surface area contributed by atoms with Gasteiger partial charge in [0.1, 0.15) is 0 Å². The molecule has 0 heterocycles. The summed E-state index contributed by atoms with van der Waals surface area (Å²) in [6.07, 6.45) is 0. The molecule has 0 aliphatic carbocycles. The molecule has 0 radical (unpaired) electrons. The Morgan fingerprint density at radius 1 is 1.19 bits per heavy atom. The van der Waals surface area contributed by atoms with Crippen molar-refractivity contribution >= 4 is 34.8 Å². The molecule has 0 aromatic heterocycles. The fourth-order valence-corrected chi connectivity index (χ4v) is 2.41. The SMILES string of the molecule is Cc1ccc(C(C)NC(=O)c2cc(N)cc(Cl)c2Cl)cc1. The molecular formula is C16H16Cl2N2O. The van der Waals surface area contributed by atoms with Crippen molar-refractivity contribution in [2.24, 2.45) is 0 Å². The molecular weight excluding hydrogens is 307 g/mol. The van der Waals surface area contributed by atoms with Crippen LogP contribution in [0.25, 0.3) is 0 Å². The van der Waals surface area contributed by atoms with Crippen molar-refractivity contribution in [3.05, 3.63) is 63.1 Å². The van der Waals surface area contributed by atoms with Gasteiger partial charge in [0, 0.05) is 5.69 Å². The largest absolute Gasteiger partial charge is 0.399 e. The van der Waals surface area contributed by atoms with E-state index in [2.05, 4.69) is 5.32 Å². The molecule has 0 fully saturated rings. The van der Waals surface area contributed by atoms with Gasteiger partial charge in [-0.1, -0.05) is 53.0 Å². The predicted octanol–water partition coefficient (Wildman–Crippen LogP) is 4.38. The molecule has 0 aliphatic heterocycles. The first-order chi connectivity index (χ1) is 9.88. The number of halogens is 2. The summed E-state index contributed by atoms with van der Waals surface area (Å²) in [6, 6.07) is 10.9. The third kappa shape index (κ3) is 3.69. The number of hydrogen-bond acceptors (Lipinski definition) is 2. The first kappa shape index (κ1) is 15.7. The van der Waals surface area contributed by atoms with Gasteiger partial charge in [-0.25, -0.2) is 0 Å². The Labute approximate surface area is 134 Å². The molecule has 1 unspecified atom stereocenters. The molecule has 110 valence electrons. The average Bonchev–Trinajstić information content (AvgIpc) is 2.43. The third-order valence-electron chi connectivity index (χ3n) is 3.22. The highest BCUT2D eigenvalue weighted by Crippen LogP contribution is 2.29. The van der Waals surface area contributed by atoms with Crippen molar-refractivity contribution in [1.82, 2.24) is 5.32 Å². The molecule has 5 heteroatoms. The van der Waals surface area contributed by atoms with E-state index in [1.807, 2.05) is 38.1 Å². The molecule has 2 aromatic rings. The number of carbonyl (C=O) groups excluding carboxylic acids is 1. The molecule has 0 bridgehead atoms. The van der Waals surface area contributed by atoms with Crippen molar-refractivity contribution in [1.29, 1.82) is 0 Å². The number of aryl methyl sites for hydroxylation is 1. The fraction of sp³-hybridized carbons (Fsp3) is 0.188. The highest BCUT2D eigenvalue weighted by Gasteiger charge is 2.16. The molecule has 2 rings (SSSR count). The van der Waals surface area contributed by atoms with Crippen molar-refractivity contribution in [2.75, 3.05) is 5.73 Å². The highest BCUT2D eigenvalue weighted by atomic mass is 35.5. The van der Waals surface area contributed by atoms with Crippen molar-refractivity contribution in [3.63, 3.8) is 0 Å². The number of hydrogen-bond donors (Lipinski definition) is 2. The number of amides is 1. The zero-order chi connectivity index (χ0) is 15.6. The number of benzene rings is 2. The maximum atomic E-state index is 12.3. The van der Waals surface area contributed by atoms with Crippen molar-refractivity contribution in [2.45, 2.75) is 19.9 Å². The van der Waals surface area contributed by atoms with Gasteiger partial charge in [0.05, 0.1) is 21.7 Å². The van der Waals surface area contributed by atoms with Crippen molar-refractivity contribution in [3.8, 4) is 0 Å². The van der Waals surface area contributed by atoms with Gasteiger partial charge < -0.3 is 11.1 Å². The van der Waals surface area contributed by atoms with Crippen molar-refractivity contribution < 1.29 is 4.79 Å². The van der Waals surface area contributed by atoms with Gasteiger partial charge in [-0.15, -0.1) is 0 Å². The molecule has 2 aromatic carbocycles. The minimum absolute atomic E-state index is 0.144. The molecule has 1 amide bonds. The Morgan fingerprint density at radius 2 is 1.81 bits per heavy atom. The quantitative estimate of drug-likeness (QED) is 0.824. The van der Waals surface area contributed by atoms with E-state index in [9.17, 15) is 4.79 Å². The van der Waals surface area contributed by atoms with Crippen LogP contribution in [0.4, 0.5) is 5.69 Å². The van der Waals surface area contributed by atoms with Crippen LogP contribution < -0.4 is 11.1 Å². The van der Waals surface area contributed by atoms with Gasteiger partial charge in [0.25, 0.3) is 5.91 Å². The van der Waals surface area contributed by atoms with Crippen LogP contribution in [0, 0.1) is 6.92 Å². The highest BCUT2D eigenvalue weighted by molar-refractivity contribution is 6.44. The summed E-state index contributed by atoms with van der Waals surface area (Å²) < 4.78 is 0. The monoisotopic (exact) mass is 322 g/mol. The van der Waals surface area contributed by atoms with Gasteiger partial charge in [-0.2, -0.15) is 0 Å². The van der Waals surface area contributed by atoms with Crippen LogP contribution in [-0.2, 0) is 0 Å². The van der Waals surface area contributed by atoms with Crippen LogP contribution in [0.5, 0.6) is 0 Å². The van der Waals surface area contributed by atoms with Gasteiger partial charge in [-0.3, -0.25) is 4.79 Å². The van der Waals surface area contributed by atoms with E-state index < -0.39 is 0 Å². The summed E-state index contributed by atoms with van der Waals surface area (Å²) in [6.45, 7) is 3.92. The average molecular weight is 323 g/mol. The summed E-state index contributed by atoms with van der Waals surface area (Å²) in [5, 5.41) is 3.37. The number of nitrogens with two attached hydrogens (primary N) is 1. The van der Waals surface area contributed by atoms with E-state index in [4.69, 9.17) is 28.9 Å². The van der Waals surface area contributed by atoms with E-state index >= 15 is 0 Å². The van der Waals surface area contributed by atoms with Gasteiger partial charge in [0.15, 0.2) is 0 Å². The predicted molar refractivity (Wildman–Crippen MR) is 87.9 cm³/mol. The second-order valence-electron chi connectivity index (χ2n) is 4.97.